The van der Waals surface area contributed by atoms with E-state index in [2.05, 4.69) is 36.5 Å². The summed E-state index contributed by atoms with van der Waals surface area (Å²) in [6, 6.07) is 16.6. The van der Waals surface area contributed by atoms with Crippen LogP contribution in [0, 0.1) is 0 Å². The third-order valence-corrected chi connectivity index (χ3v) is 6.96. The van der Waals surface area contributed by atoms with Gasteiger partial charge in [-0.2, -0.15) is 0 Å². The van der Waals surface area contributed by atoms with Gasteiger partial charge in [-0.1, -0.05) is 81.1 Å². The van der Waals surface area contributed by atoms with Crippen molar-refractivity contribution in [3.63, 3.8) is 0 Å². The molecule has 0 saturated heterocycles. The molecule has 8 heteroatoms. The minimum absolute atomic E-state index is 0.0647. The van der Waals surface area contributed by atoms with Crippen molar-refractivity contribution in [3.05, 3.63) is 59.7 Å². The Hall–Kier alpha value is -2.49. The molecule has 3 rings (SSSR count). The number of alkyl carbamates (subject to hydrolysis) is 1. The number of hydrogen-bond acceptors (Lipinski definition) is 7. The van der Waals surface area contributed by atoms with Crippen LogP contribution in [0.4, 0.5) is 4.79 Å². The van der Waals surface area contributed by atoms with Crippen LogP contribution in [-0.4, -0.2) is 85.3 Å². The van der Waals surface area contributed by atoms with Crippen molar-refractivity contribution in [2.45, 2.75) is 51.4 Å². The number of unbranched alkanes of at least 4 members (excludes halogenated alkanes) is 4. The lowest BCUT2D eigenvalue weighted by Gasteiger charge is -2.14. The maximum atomic E-state index is 12.2. The van der Waals surface area contributed by atoms with Gasteiger partial charge in [-0.3, -0.25) is 0 Å². The van der Waals surface area contributed by atoms with Crippen molar-refractivity contribution in [1.82, 2.24) is 5.32 Å². The first kappa shape index (κ1) is 33.0. The molecule has 0 unspecified atom stereocenters. The van der Waals surface area contributed by atoms with Crippen molar-refractivity contribution in [2.24, 2.45) is 0 Å². The van der Waals surface area contributed by atoms with E-state index in [1.54, 1.807) is 0 Å². The highest BCUT2D eigenvalue weighted by Gasteiger charge is 2.28. The van der Waals surface area contributed by atoms with E-state index in [-0.39, 0.29) is 5.92 Å². The first-order chi connectivity index (χ1) is 20.3. The summed E-state index contributed by atoms with van der Waals surface area (Å²) in [5.74, 6) is 0.0647. The maximum absolute atomic E-state index is 12.2. The zero-order valence-electron chi connectivity index (χ0n) is 24.8. The molecule has 2 aromatic carbocycles. The number of fused-ring (bicyclic) bond motifs is 3. The molecule has 2 aromatic rings. The maximum Gasteiger partial charge on any atom is 0.407 e. The molecule has 0 atom stereocenters. The molecule has 0 heterocycles. The van der Waals surface area contributed by atoms with E-state index < -0.39 is 6.09 Å². The van der Waals surface area contributed by atoms with E-state index in [9.17, 15) is 4.79 Å². The standard InChI is InChI=1S/C33H49NO7/c1-2-3-4-5-10-17-36-19-21-38-23-25-40-26-24-39-22-20-37-18-11-16-34-33(35)41-27-32-30-14-8-6-12-28(30)29-13-7-9-15-31(29)32/h6-9,12-15,32H,2-5,10-11,16-27H2,1H3,(H,34,35). The quantitative estimate of drug-likeness (QED) is 0.155. The first-order valence-electron chi connectivity index (χ1n) is 15.3. The SMILES string of the molecule is CCCCCCCOCCOCCOCCOCCOCCCNC(=O)OCC1c2ccccc2-c2ccccc21. The van der Waals surface area contributed by atoms with Gasteiger partial charge in [0.15, 0.2) is 0 Å². The molecular formula is C33H49NO7. The summed E-state index contributed by atoms with van der Waals surface area (Å²) in [5, 5.41) is 2.81. The number of rotatable bonds is 24. The van der Waals surface area contributed by atoms with Crippen molar-refractivity contribution < 1.29 is 33.2 Å². The summed E-state index contributed by atoms with van der Waals surface area (Å²) < 4.78 is 33.2. The van der Waals surface area contributed by atoms with Crippen molar-refractivity contribution >= 4 is 6.09 Å². The smallest absolute Gasteiger partial charge is 0.407 e. The summed E-state index contributed by atoms with van der Waals surface area (Å²) in [6.45, 7) is 8.83. The summed E-state index contributed by atoms with van der Waals surface area (Å²) in [7, 11) is 0. The molecule has 0 aromatic heterocycles. The number of ether oxygens (including phenoxy) is 6. The monoisotopic (exact) mass is 571 g/mol. The van der Waals surface area contributed by atoms with Crippen LogP contribution < -0.4 is 5.32 Å². The molecule has 0 bridgehead atoms. The number of benzene rings is 2. The predicted octanol–water partition coefficient (Wildman–Crippen LogP) is 5.97. The van der Waals surface area contributed by atoms with Crippen LogP contribution in [0.2, 0.25) is 0 Å². The van der Waals surface area contributed by atoms with Crippen LogP contribution in [0.3, 0.4) is 0 Å². The van der Waals surface area contributed by atoms with Crippen LogP contribution in [0.5, 0.6) is 0 Å². The first-order valence-corrected chi connectivity index (χ1v) is 15.3. The van der Waals surface area contributed by atoms with Crippen LogP contribution in [-0.2, 0) is 28.4 Å². The summed E-state index contributed by atoms with van der Waals surface area (Å²) in [6.07, 6.45) is 6.57. The number of hydrogen-bond donors (Lipinski definition) is 1. The third kappa shape index (κ3) is 12.9. The molecule has 0 spiro atoms. The zero-order chi connectivity index (χ0) is 28.8. The van der Waals surface area contributed by atoms with Gasteiger partial charge in [0, 0.05) is 25.7 Å². The van der Waals surface area contributed by atoms with Gasteiger partial charge >= 0.3 is 6.09 Å². The van der Waals surface area contributed by atoms with E-state index in [1.165, 1.54) is 47.9 Å². The van der Waals surface area contributed by atoms with E-state index in [0.717, 1.165) is 13.0 Å². The fourth-order valence-electron chi connectivity index (χ4n) is 4.80. The highest BCUT2D eigenvalue weighted by Crippen LogP contribution is 2.44. The second-order valence-corrected chi connectivity index (χ2v) is 10.1. The average Bonchev–Trinajstić information content (AvgIpc) is 3.32. The topological polar surface area (TPSA) is 84.5 Å². The third-order valence-electron chi connectivity index (χ3n) is 6.96. The number of amides is 1. The van der Waals surface area contributed by atoms with Crippen molar-refractivity contribution in [1.29, 1.82) is 0 Å². The highest BCUT2D eigenvalue weighted by atomic mass is 16.6. The molecule has 0 aliphatic heterocycles. The van der Waals surface area contributed by atoms with Gasteiger partial charge in [-0.15, -0.1) is 0 Å². The minimum Gasteiger partial charge on any atom is -0.449 e. The van der Waals surface area contributed by atoms with Gasteiger partial charge < -0.3 is 33.7 Å². The normalized spacial score (nSPS) is 12.3. The Morgan fingerprint density at radius 3 is 1.61 bits per heavy atom. The molecule has 0 saturated carbocycles. The molecule has 41 heavy (non-hydrogen) atoms. The second kappa shape index (κ2) is 21.2. The number of carbonyl (C=O) groups excluding carboxylic acids is 1. The lowest BCUT2D eigenvalue weighted by atomic mass is 9.98. The molecule has 1 N–H and O–H groups in total. The molecule has 0 radical (unpaired) electrons. The second-order valence-electron chi connectivity index (χ2n) is 10.1. The van der Waals surface area contributed by atoms with Gasteiger partial charge in [0.1, 0.15) is 6.61 Å². The van der Waals surface area contributed by atoms with Crippen molar-refractivity contribution in [3.8, 4) is 11.1 Å². The number of carbonyl (C=O) groups is 1. The summed E-state index contributed by atoms with van der Waals surface area (Å²) in [4.78, 5) is 12.2. The van der Waals surface area contributed by atoms with Gasteiger partial charge in [-0.25, -0.2) is 4.79 Å². The summed E-state index contributed by atoms with van der Waals surface area (Å²) >= 11 is 0. The largest absolute Gasteiger partial charge is 0.449 e. The Bertz CT molecular complexity index is 925. The van der Waals surface area contributed by atoms with Gasteiger partial charge in [0.05, 0.1) is 52.9 Å². The van der Waals surface area contributed by atoms with E-state index in [4.69, 9.17) is 28.4 Å². The molecule has 228 valence electrons. The van der Waals surface area contributed by atoms with E-state index >= 15 is 0 Å². The Morgan fingerprint density at radius 2 is 1.07 bits per heavy atom. The van der Waals surface area contributed by atoms with Crippen LogP contribution in [0.1, 0.15) is 62.5 Å². The molecule has 8 nitrogen and oxygen atoms in total. The zero-order valence-corrected chi connectivity index (χ0v) is 24.8. The highest BCUT2D eigenvalue weighted by molar-refractivity contribution is 5.79. The Balaban J connectivity index is 1.06. The van der Waals surface area contributed by atoms with Gasteiger partial charge in [0.25, 0.3) is 0 Å². The average molecular weight is 572 g/mol. The molecule has 1 amide bonds. The molecule has 1 aliphatic rings. The minimum atomic E-state index is -0.401. The Labute approximate surface area is 246 Å². The van der Waals surface area contributed by atoms with Crippen LogP contribution in [0.15, 0.2) is 48.5 Å². The Morgan fingerprint density at radius 1 is 0.610 bits per heavy atom. The lowest BCUT2D eigenvalue weighted by Crippen LogP contribution is -2.27. The van der Waals surface area contributed by atoms with Crippen LogP contribution >= 0.6 is 0 Å². The fraction of sp³-hybridized carbons (Fsp3) is 0.606. The van der Waals surface area contributed by atoms with Crippen LogP contribution in [0.25, 0.3) is 11.1 Å². The Kier molecular flexibility index (Phi) is 17.1. The predicted molar refractivity (Wildman–Crippen MR) is 161 cm³/mol. The van der Waals surface area contributed by atoms with Gasteiger partial charge in [-0.05, 0) is 35.1 Å². The molecule has 0 fully saturated rings. The molecular weight excluding hydrogens is 522 g/mol. The fourth-order valence-corrected chi connectivity index (χ4v) is 4.80. The number of nitrogens with one attached hydrogen (secondary N) is 1. The molecule has 1 aliphatic carbocycles. The van der Waals surface area contributed by atoms with E-state index in [0.29, 0.717) is 79.0 Å². The van der Waals surface area contributed by atoms with Crippen molar-refractivity contribution in [2.75, 3.05) is 79.2 Å². The summed E-state index contributed by atoms with van der Waals surface area (Å²) in [5.41, 5.74) is 4.85. The lowest BCUT2D eigenvalue weighted by molar-refractivity contribution is -0.0113. The van der Waals surface area contributed by atoms with E-state index in [1.807, 2.05) is 24.3 Å². The van der Waals surface area contributed by atoms with Gasteiger partial charge in [0.2, 0.25) is 0 Å².